The normalized spacial score (nSPS) is 10.9. The monoisotopic (exact) mass is 532 g/mol. The molecular formula is C29H28N2O6S. The summed E-state index contributed by atoms with van der Waals surface area (Å²) in [6.45, 7) is 0.0287. The predicted molar refractivity (Wildman–Crippen MR) is 148 cm³/mol. The van der Waals surface area contributed by atoms with Gasteiger partial charge >= 0.3 is 0 Å². The van der Waals surface area contributed by atoms with Gasteiger partial charge < -0.3 is 19.5 Å². The van der Waals surface area contributed by atoms with Crippen LogP contribution in [0.2, 0.25) is 0 Å². The lowest BCUT2D eigenvalue weighted by Crippen LogP contribution is -2.31. The molecule has 0 spiro atoms. The number of rotatable bonds is 10. The average molecular weight is 533 g/mol. The Morgan fingerprint density at radius 2 is 1.34 bits per heavy atom. The lowest BCUT2D eigenvalue weighted by atomic mass is 10.1. The second-order valence-electron chi connectivity index (χ2n) is 8.37. The molecule has 38 heavy (non-hydrogen) atoms. The zero-order valence-corrected chi connectivity index (χ0v) is 22.1. The van der Waals surface area contributed by atoms with Gasteiger partial charge in [0.15, 0.2) is 11.5 Å². The van der Waals surface area contributed by atoms with Crippen LogP contribution in [0.5, 0.6) is 23.0 Å². The van der Waals surface area contributed by atoms with Crippen molar-refractivity contribution in [1.29, 1.82) is 0 Å². The Labute approximate surface area is 222 Å². The van der Waals surface area contributed by atoms with Gasteiger partial charge in [0.05, 0.1) is 38.3 Å². The van der Waals surface area contributed by atoms with E-state index in [1.807, 2.05) is 60.7 Å². The topological polar surface area (TPSA) is 94.2 Å². The van der Waals surface area contributed by atoms with Gasteiger partial charge in [0, 0.05) is 11.8 Å². The molecule has 9 heteroatoms. The van der Waals surface area contributed by atoms with Crippen LogP contribution in [0, 0.1) is 0 Å². The second kappa shape index (κ2) is 11.7. The van der Waals surface area contributed by atoms with E-state index in [0.29, 0.717) is 28.7 Å². The first-order chi connectivity index (χ1) is 18.3. The average Bonchev–Trinajstić information content (AvgIpc) is 2.92. The van der Waals surface area contributed by atoms with Crippen molar-refractivity contribution in [2.45, 2.75) is 6.54 Å². The molecular weight excluding hydrogens is 504 g/mol. The van der Waals surface area contributed by atoms with Crippen LogP contribution >= 0.6 is 0 Å². The molecule has 0 radical (unpaired) electrons. The van der Waals surface area contributed by atoms with Crippen molar-refractivity contribution in [1.82, 2.24) is 0 Å². The van der Waals surface area contributed by atoms with E-state index in [0.717, 1.165) is 11.8 Å². The van der Waals surface area contributed by atoms with E-state index in [-0.39, 0.29) is 17.8 Å². The molecule has 0 atom stereocenters. The largest absolute Gasteiger partial charge is 0.493 e. The Bertz CT molecular complexity index is 1490. The fraction of sp³-hybridized carbons (Fsp3) is 0.138. The summed E-state index contributed by atoms with van der Waals surface area (Å²) in [5.74, 6) is 1.37. The third-order valence-corrected chi connectivity index (χ3v) is 6.80. The molecule has 0 unspecified atom stereocenters. The first-order valence-electron chi connectivity index (χ1n) is 11.7. The number of nitrogens with zero attached hydrogens (tertiary/aromatic N) is 1. The summed E-state index contributed by atoms with van der Waals surface area (Å²) < 4.78 is 43.6. The van der Waals surface area contributed by atoms with Crippen LogP contribution in [0.4, 0.5) is 11.4 Å². The first kappa shape index (κ1) is 26.6. The minimum atomic E-state index is -3.78. The van der Waals surface area contributed by atoms with E-state index in [4.69, 9.17) is 14.2 Å². The summed E-state index contributed by atoms with van der Waals surface area (Å²) in [5.41, 5.74) is 1.53. The zero-order valence-electron chi connectivity index (χ0n) is 21.2. The number of sulfonamides is 1. The maximum atomic E-state index is 13.5. The molecule has 0 saturated carbocycles. The number of benzene rings is 4. The molecule has 0 heterocycles. The van der Waals surface area contributed by atoms with Gasteiger partial charge in [-0.15, -0.1) is 0 Å². The van der Waals surface area contributed by atoms with E-state index in [9.17, 15) is 13.2 Å². The molecule has 0 aromatic heterocycles. The number of methoxy groups -OCH3 is 2. The van der Waals surface area contributed by atoms with Gasteiger partial charge in [-0.2, -0.15) is 0 Å². The van der Waals surface area contributed by atoms with Gasteiger partial charge in [-0.25, -0.2) is 8.42 Å². The van der Waals surface area contributed by atoms with Crippen molar-refractivity contribution in [3.8, 4) is 23.0 Å². The van der Waals surface area contributed by atoms with Crippen molar-refractivity contribution in [3.63, 3.8) is 0 Å². The third kappa shape index (κ3) is 6.43. The molecule has 4 rings (SSSR count). The van der Waals surface area contributed by atoms with Gasteiger partial charge in [0.2, 0.25) is 10.0 Å². The molecule has 0 fully saturated rings. The van der Waals surface area contributed by atoms with Crippen LogP contribution in [0.15, 0.2) is 97.1 Å². The zero-order chi connectivity index (χ0) is 27.1. The number of ether oxygens (including phenoxy) is 3. The summed E-state index contributed by atoms with van der Waals surface area (Å²) in [5, 5.41) is 2.84. The van der Waals surface area contributed by atoms with E-state index >= 15 is 0 Å². The van der Waals surface area contributed by atoms with Crippen molar-refractivity contribution in [3.05, 3.63) is 108 Å². The van der Waals surface area contributed by atoms with Crippen molar-refractivity contribution >= 4 is 27.3 Å². The Morgan fingerprint density at radius 3 is 1.92 bits per heavy atom. The van der Waals surface area contributed by atoms with E-state index in [1.54, 1.807) is 24.3 Å². The minimum Gasteiger partial charge on any atom is -0.493 e. The van der Waals surface area contributed by atoms with Crippen LogP contribution in [-0.4, -0.2) is 34.8 Å². The summed E-state index contributed by atoms with van der Waals surface area (Å²) in [7, 11) is -0.890. The van der Waals surface area contributed by atoms with Gasteiger partial charge in [-0.3, -0.25) is 9.10 Å². The fourth-order valence-corrected chi connectivity index (χ4v) is 4.71. The highest BCUT2D eigenvalue weighted by Crippen LogP contribution is 2.37. The molecule has 0 bridgehead atoms. The summed E-state index contributed by atoms with van der Waals surface area (Å²) >= 11 is 0. The highest BCUT2D eigenvalue weighted by Gasteiger charge is 2.26. The van der Waals surface area contributed by atoms with Crippen LogP contribution in [0.3, 0.4) is 0 Å². The third-order valence-electron chi connectivity index (χ3n) is 5.68. The molecule has 1 amide bonds. The van der Waals surface area contributed by atoms with Gasteiger partial charge in [-0.05, 0) is 48.0 Å². The smallest absolute Gasteiger partial charge is 0.257 e. The number of anilines is 2. The number of carbonyl (C=O) groups excluding carboxylic acids is 1. The lowest BCUT2D eigenvalue weighted by Gasteiger charge is -2.26. The number of carbonyl (C=O) groups is 1. The summed E-state index contributed by atoms with van der Waals surface area (Å²) in [6, 6.07) is 28.3. The van der Waals surface area contributed by atoms with Crippen LogP contribution in [0.25, 0.3) is 0 Å². The molecule has 4 aromatic rings. The maximum absolute atomic E-state index is 13.5. The van der Waals surface area contributed by atoms with Crippen LogP contribution < -0.4 is 23.8 Å². The molecule has 0 saturated heterocycles. The van der Waals surface area contributed by atoms with Gasteiger partial charge in [-0.1, -0.05) is 48.5 Å². The predicted octanol–water partition coefficient (Wildman–Crippen LogP) is 5.71. The highest BCUT2D eigenvalue weighted by molar-refractivity contribution is 7.92. The molecule has 0 aliphatic rings. The molecule has 8 nitrogen and oxygen atoms in total. The van der Waals surface area contributed by atoms with Gasteiger partial charge in [0.1, 0.15) is 11.5 Å². The van der Waals surface area contributed by atoms with Crippen LogP contribution in [-0.2, 0) is 16.6 Å². The molecule has 196 valence electrons. The Kier molecular flexibility index (Phi) is 8.18. The fourth-order valence-electron chi connectivity index (χ4n) is 3.82. The number of hydrogen-bond donors (Lipinski definition) is 1. The lowest BCUT2D eigenvalue weighted by molar-refractivity contribution is 0.102. The number of nitrogens with one attached hydrogen (secondary N) is 1. The molecule has 0 aliphatic carbocycles. The van der Waals surface area contributed by atoms with E-state index in [1.165, 1.54) is 30.7 Å². The summed E-state index contributed by atoms with van der Waals surface area (Å²) in [4.78, 5) is 13.5. The number of hydrogen-bond acceptors (Lipinski definition) is 6. The standard InChI is InChI=1S/C29H28N2O6S/c1-35-27-18-25(29(32)30-22-14-16-24(17-15-22)37-23-12-8-5-9-13-23)26(19-28(27)36-2)31(38(3,33)34)20-21-10-6-4-7-11-21/h4-19H,20H2,1-3H3,(H,30,32). The van der Waals surface area contributed by atoms with Crippen LogP contribution in [0.1, 0.15) is 15.9 Å². The first-order valence-corrected chi connectivity index (χ1v) is 13.6. The minimum absolute atomic E-state index is 0.0287. The van der Waals surface area contributed by atoms with Gasteiger partial charge in [0.25, 0.3) is 5.91 Å². The van der Waals surface area contributed by atoms with E-state index < -0.39 is 15.9 Å². The second-order valence-corrected chi connectivity index (χ2v) is 10.3. The van der Waals surface area contributed by atoms with Crippen molar-refractivity contribution in [2.24, 2.45) is 0 Å². The Balaban J connectivity index is 1.67. The Hall–Kier alpha value is -4.50. The maximum Gasteiger partial charge on any atom is 0.257 e. The van der Waals surface area contributed by atoms with Crippen molar-refractivity contribution in [2.75, 3.05) is 30.1 Å². The molecule has 1 N–H and O–H groups in total. The highest BCUT2D eigenvalue weighted by atomic mass is 32.2. The SMILES string of the molecule is COc1cc(C(=O)Nc2ccc(Oc3ccccc3)cc2)c(N(Cc2ccccc2)S(C)(=O)=O)cc1OC. The van der Waals surface area contributed by atoms with Crippen molar-refractivity contribution < 1.29 is 27.4 Å². The summed E-state index contributed by atoms with van der Waals surface area (Å²) in [6.07, 6.45) is 1.10. The molecule has 0 aliphatic heterocycles. The number of para-hydroxylation sites is 1. The number of amides is 1. The quantitative estimate of drug-likeness (QED) is 0.281. The van der Waals surface area contributed by atoms with E-state index in [2.05, 4.69) is 5.32 Å². The molecule has 4 aromatic carbocycles. The Morgan fingerprint density at radius 1 is 0.789 bits per heavy atom.